The molecule has 2 aliphatic rings. The van der Waals surface area contributed by atoms with Gasteiger partial charge >= 0.3 is 0 Å². The molecule has 0 N–H and O–H groups in total. The molecule has 5 rings (SSSR count). The third-order valence-corrected chi connectivity index (χ3v) is 5.97. The minimum absolute atomic E-state index is 0.719. The molecule has 0 unspecified atom stereocenters. The number of ether oxygens (including phenoxy) is 2. The quantitative estimate of drug-likeness (QED) is 0.676. The molecule has 1 saturated heterocycles. The summed E-state index contributed by atoms with van der Waals surface area (Å²) in [6.45, 7) is 8.09. The van der Waals surface area contributed by atoms with Crippen LogP contribution in [-0.4, -0.2) is 58.0 Å². The molecule has 146 valence electrons. The largest absolute Gasteiger partial charge is 0.492 e. The molecule has 1 aromatic heterocycles. The zero-order valence-electron chi connectivity index (χ0n) is 15.8. The van der Waals surface area contributed by atoms with Gasteiger partial charge in [-0.25, -0.2) is 0 Å². The van der Waals surface area contributed by atoms with E-state index in [4.69, 9.17) is 9.47 Å². The molecular formula is C21H24N4O2S. The van der Waals surface area contributed by atoms with Crippen LogP contribution in [0.25, 0.3) is 11.0 Å². The Hall–Kier alpha value is -2.06. The fraction of sp³-hybridized carbons (Fsp3) is 0.429. The highest BCUT2D eigenvalue weighted by molar-refractivity contribution is 7.00. The average molecular weight is 397 g/mol. The van der Waals surface area contributed by atoms with Crippen LogP contribution < -0.4 is 4.74 Å². The van der Waals surface area contributed by atoms with Gasteiger partial charge in [0, 0.05) is 44.8 Å². The topological polar surface area (TPSA) is 50.7 Å². The van der Waals surface area contributed by atoms with Crippen molar-refractivity contribution in [3.05, 3.63) is 53.1 Å². The normalized spacial score (nSPS) is 18.6. The monoisotopic (exact) mass is 396 g/mol. The Kier molecular flexibility index (Phi) is 5.22. The summed E-state index contributed by atoms with van der Waals surface area (Å²) in [7, 11) is 0. The molecule has 0 aliphatic carbocycles. The maximum atomic E-state index is 6.02. The van der Waals surface area contributed by atoms with E-state index in [1.54, 1.807) is 0 Å². The van der Waals surface area contributed by atoms with Crippen LogP contribution in [0.5, 0.6) is 5.75 Å². The van der Waals surface area contributed by atoms with E-state index in [0.29, 0.717) is 0 Å². The van der Waals surface area contributed by atoms with Crippen molar-refractivity contribution < 1.29 is 9.47 Å². The van der Waals surface area contributed by atoms with Crippen molar-refractivity contribution in [3.8, 4) is 5.75 Å². The van der Waals surface area contributed by atoms with Crippen molar-refractivity contribution in [2.75, 3.05) is 39.5 Å². The van der Waals surface area contributed by atoms with Crippen LogP contribution >= 0.6 is 11.7 Å². The molecule has 3 heterocycles. The summed E-state index contributed by atoms with van der Waals surface area (Å²) in [5.74, 6) is 1.02. The lowest BCUT2D eigenvalue weighted by Gasteiger charge is -2.27. The first-order chi connectivity index (χ1) is 13.8. The Morgan fingerprint density at radius 1 is 0.821 bits per heavy atom. The van der Waals surface area contributed by atoms with Crippen molar-refractivity contribution >= 4 is 22.8 Å². The molecule has 1 fully saturated rings. The van der Waals surface area contributed by atoms with E-state index in [2.05, 4.69) is 54.9 Å². The van der Waals surface area contributed by atoms with E-state index in [9.17, 15) is 0 Å². The van der Waals surface area contributed by atoms with Gasteiger partial charge in [-0.2, -0.15) is 8.75 Å². The number of morpholine rings is 1. The maximum Gasteiger partial charge on any atom is 0.123 e. The van der Waals surface area contributed by atoms with Crippen molar-refractivity contribution in [1.82, 2.24) is 18.5 Å². The SMILES string of the molecule is c1cc2c(cc1CN1CCOCC1)CN(Cc1ccc3nsnc3c1)CCO2. The van der Waals surface area contributed by atoms with E-state index in [-0.39, 0.29) is 0 Å². The van der Waals surface area contributed by atoms with Crippen LogP contribution in [0.1, 0.15) is 16.7 Å². The number of hydrogen-bond acceptors (Lipinski definition) is 7. The van der Waals surface area contributed by atoms with Gasteiger partial charge in [-0.05, 0) is 35.4 Å². The van der Waals surface area contributed by atoms with Crippen LogP contribution in [-0.2, 0) is 24.4 Å². The fourth-order valence-electron chi connectivity index (χ4n) is 3.94. The van der Waals surface area contributed by atoms with Crippen molar-refractivity contribution in [1.29, 1.82) is 0 Å². The molecule has 28 heavy (non-hydrogen) atoms. The maximum absolute atomic E-state index is 6.02. The summed E-state index contributed by atoms with van der Waals surface area (Å²) in [5, 5.41) is 0. The highest BCUT2D eigenvalue weighted by atomic mass is 32.1. The summed E-state index contributed by atoms with van der Waals surface area (Å²) in [6, 6.07) is 13.0. The minimum Gasteiger partial charge on any atom is -0.492 e. The zero-order chi connectivity index (χ0) is 18.8. The molecule has 0 amide bonds. The Balaban J connectivity index is 1.31. The lowest BCUT2D eigenvalue weighted by molar-refractivity contribution is 0.0342. The molecule has 0 saturated carbocycles. The van der Waals surface area contributed by atoms with Crippen LogP contribution in [0, 0.1) is 0 Å². The van der Waals surface area contributed by atoms with Gasteiger partial charge < -0.3 is 9.47 Å². The Labute approximate surface area is 169 Å². The van der Waals surface area contributed by atoms with Crippen LogP contribution in [0.4, 0.5) is 0 Å². The first-order valence-corrected chi connectivity index (χ1v) is 10.5. The lowest BCUT2D eigenvalue weighted by atomic mass is 10.1. The molecule has 6 nitrogen and oxygen atoms in total. The van der Waals surface area contributed by atoms with E-state index >= 15 is 0 Å². The number of rotatable bonds is 4. The van der Waals surface area contributed by atoms with Crippen LogP contribution in [0.3, 0.4) is 0 Å². The lowest BCUT2D eigenvalue weighted by Crippen LogP contribution is -2.35. The molecule has 0 bridgehead atoms. The Morgan fingerprint density at radius 3 is 2.50 bits per heavy atom. The van der Waals surface area contributed by atoms with Gasteiger partial charge in [-0.3, -0.25) is 9.80 Å². The first-order valence-electron chi connectivity index (χ1n) is 9.82. The van der Waals surface area contributed by atoms with Crippen LogP contribution in [0.2, 0.25) is 0 Å². The third-order valence-electron chi connectivity index (χ3n) is 5.42. The van der Waals surface area contributed by atoms with Gasteiger partial charge in [-0.1, -0.05) is 12.1 Å². The van der Waals surface area contributed by atoms with Gasteiger partial charge in [0.25, 0.3) is 0 Å². The molecule has 2 aromatic carbocycles. The zero-order valence-corrected chi connectivity index (χ0v) is 16.7. The predicted molar refractivity (Wildman–Crippen MR) is 110 cm³/mol. The van der Waals surface area contributed by atoms with Crippen molar-refractivity contribution in [2.45, 2.75) is 19.6 Å². The van der Waals surface area contributed by atoms with Gasteiger partial charge in [0.05, 0.1) is 24.9 Å². The molecular weight excluding hydrogens is 372 g/mol. The number of aromatic nitrogens is 2. The van der Waals surface area contributed by atoms with Crippen molar-refractivity contribution in [2.24, 2.45) is 0 Å². The molecule has 0 atom stereocenters. The van der Waals surface area contributed by atoms with Gasteiger partial charge in [0.1, 0.15) is 23.4 Å². The number of nitrogens with zero attached hydrogens (tertiary/aromatic N) is 4. The van der Waals surface area contributed by atoms with E-state index in [1.807, 2.05) is 0 Å². The second kappa shape index (κ2) is 8.13. The number of benzene rings is 2. The van der Waals surface area contributed by atoms with Crippen molar-refractivity contribution in [3.63, 3.8) is 0 Å². The Morgan fingerprint density at radius 2 is 1.57 bits per heavy atom. The molecule has 2 aliphatic heterocycles. The van der Waals surface area contributed by atoms with E-state index in [1.165, 1.54) is 28.4 Å². The molecule has 3 aromatic rings. The standard InChI is InChI=1S/C21H24N4O2S/c1-3-19-20(23-28-22-19)12-17(1)14-25-7-10-27-21-4-2-16(11-18(21)15-25)13-24-5-8-26-9-6-24/h1-4,11-12H,5-10,13-15H2. The summed E-state index contributed by atoms with van der Waals surface area (Å²) in [4.78, 5) is 4.91. The summed E-state index contributed by atoms with van der Waals surface area (Å²) in [5.41, 5.74) is 5.86. The van der Waals surface area contributed by atoms with Gasteiger partial charge in [0.2, 0.25) is 0 Å². The first kappa shape index (κ1) is 18.0. The highest BCUT2D eigenvalue weighted by Gasteiger charge is 2.18. The molecule has 0 spiro atoms. The van der Waals surface area contributed by atoms with E-state index < -0.39 is 0 Å². The smallest absolute Gasteiger partial charge is 0.123 e. The molecule has 0 radical (unpaired) electrons. The average Bonchev–Trinajstić information content (AvgIpc) is 3.09. The third kappa shape index (κ3) is 4.03. The minimum atomic E-state index is 0.719. The second-order valence-corrected chi connectivity index (χ2v) is 8.01. The second-order valence-electron chi connectivity index (χ2n) is 7.48. The van der Waals surface area contributed by atoms with Gasteiger partial charge in [-0.15, -0.1) is 0 Å². The predicted octanol–water partition coefficient (Wildman–Crippen LogP) is 2.92. The highest BCUT2D eigenvalue weighted by Crippen LogP contribution is 2.26. The van der Waals surface area contributed by atoms with Gasteiger partial charge in [0.15, 0.2) is 0 Å². The summed E-state index contributed by atoms with van der Waals surface area (Å²) >= 11 is 1.27. The van der Waals surface area contributed by atoms with E-state index in [0.717, 1.165) is 75.9 Å². The number of hydrogen-bond donors (Lipinski definition) is 0. The molecule has 7 heteroatoms. The number of fused-ring (bicyclic) bond motifs is 2. The Bertz CT molecular complexity index is 954. The summed E-state index contributed by atoms with van der Waals surface area (Å²) < 4.78 is 20.1. The summed E-state index contributed by atoms with van der Waals surface area (Å²) in [6.07, 6.45) is 0. The fourth-order valence-corrected chi connectivity index (χ4v) is 4.45. The van der Waals surface area contributed by atoms with Crippen LogP contribution in [0.15, 0.2) is 36.4 Å².